The molecule has 1 aromatic rings. The molecule has 6 heteroatoms. The van der Waals surface area contributed by atoms with Crippen molar-refractivity contribution in [2.75, 3.05) is 6.54 Å². The molecule has 5 nitrogen and oxygen atoms in total. The summed E-state index contributed by atoms with van der Waals surface area (Å²) in [5.74, 6) is 1.41. The van der Waals surface area contributed by atoms with Crippen LogP contribution in [0.2, 0.25) is 0 Å². The summed E-state index contributed by atoms with van der Waals surface area (Å²) in [5.41, 5.74) is 0.999. The van der Waals surface area contributed by atoms with Crippen molar-refractivity contribution < 1.29 is 8.42 Å². The molecule has 0 amide bonds. The summed E-state index contributed by atoms with van der Waals surface area (Å²) in [6.07, 6.45) is 6.97. The first-order valence-electron chi connectivity index (χ1n) is 7.46. The molecule has 0 saturated heterocycles. The normalized spacial score (nSPS) is 29.2. The van der Waals surface area contributed by atoms with Crippen LogP contribution in [0.4, 0.5) is 0 Å². The number of nitrogens with one attached hydrogen (secondary N) is 1. The van der Waals surface area contributed by atoms with Crippen LogP contribution in [0.1, 0.15) is 44.6 Å². The van der Waals surface area contributed by atoms with Crippen LogP contribution in [0.3, 0.4) is 0 Å². The van der Waals surface area contributed by atoms with Crippen LogP contribution < -0.4 is 4.72 Å². The molecule has 0 unspecified atom stereocenters. The van der Waals surface area contributed by atoms with Crippen molar-refractivity contribution in [1.82, 2.24) is 14.3 Å². The van der Waals surface area contributed by atoms with Crippen molar-refractivity contribution >= 4 is 10.0 Å². The Hall–Kier alpha value is -0.880. The van der Waals surface area contributed by atoms with Gasteiger partial charge in [-0.25, -0.2) is 18.1 Å². The average Bonchev–Trinajstić information content (AvgIpc) is 2.86. The Morgan fingerprint density at radius 2 is 2.25 bits per heavy atom. The van der Waals surface area contributed by atoms with Crippen molar-refractivity contribution in [3.63, 3.8) is 0 Å². The zero-order valence-corrected chi connectivity index (χ0v) is 13.0. The minimum atomic E-state index is -3.19. The minimum absolute atomic E-state index is 0.264. The number of aryl methyl sites for hydroxylation is 2. The molecule has 20 heavy (non-hydrogen) atoms. The standard InChI is InChI=1S/C14H23N3O2S/c1-11-9-14(11,2)20(18,19)15-7-6-12-10-17-8-4-3-5-13(17)16-12/h10-11,15H,3-9H2,1-2H3/t11-,14-/m0/s1. The topological polar surface area (TPSA) is 64.0 Å². The van der Waals surface area contributed by atoms with E-state index in [0.29, 0.717) is 13.0 Å². The van der Waals surface area contributed by atoms with Gasteiger partial charge in [-0.2, -0.15) is 0 Å². The van der Waals surface area contributed by atoms with Gasteiger partial charge in [0.2, 0.25) is 10.0 Å². The first kappa shape index (κ1) is 14.1. The van der Waals surface area contributed by atoms with Gasteiger partial charge in [0.05, 0.1) is 10.4 Å². The first-order valence-corrected chi connectivity index (χ1v) is 8.95. The van der Waals surface area contributed by atoms with Gasteiger partial charge < -0.3 is 4.57 Å². The Morgan fingerprint density at radius 3 is 2.90 bits per heavy atom. The lowest BCUT2D eigenvalue weighted by Crippen LogP contribution is -2.36. The second-order valence-corrected chi connectivity index (χ2v) is 8.59. The lowest BCUT2D eigenvalue weighted by atomic mass is 10.2. The van der Waals surface area contributed by atoms with Gasteiger partial charge in [-0.1, -0.05) is 6.92 Å². The number of hydrogen-bond donors (Lipinski definition) is 1. The molecule has 2 atom stereocenters. The quantitative estimate of drug-likeness (QED) is 0.895. The SMILES string of the molecule is C[C@H]1C[C@]1(C)S(=O)(=O)NCCc1cn2c(n1)CCCC2. The molecule has 1 aliphatic heterocycles. The number of fused-ring (bicyclic) bond motifs is 1. The van der Waals surface area contributed by atoms with Crippen LogP contribution in [0.5, 0.6) is 0 Å². The van der Waals surface area contributed by atoms with Crippen molar-refractivity contribution in [3.05, 3.63) is 17.7 Å². The van der Waals surface area contributed by atoms with Gasteiger partial charge in [-0.15, -0.1) is 0 Å². The predicted octanol–water partition coefficient (Wildman–Crippen LogP) is 1.48. The summed E-state index contributed by atoms with van der Waals surface area (Å²) in [6.45, 7) is 5.31. The maximum absolute atomic E-state index is 12.2. The maximum atomic E-state index is 12.2. The second kappa shape index (κ2) is 4.84. The maximum Gasteiger partial charge on any atom is 0.217 e. The van der Waals surface area contributed by atoms with Crippen LogP contribution in [-0.4, -0.2) is 29.3 Å². The highest BCUT2D eigenvalue weighted by Crippen LogP contribution is 2.48. The third-order valence-electron chi connectivity index (χ3n) is 4.84. The van der Waals surface area contributed by atoms with Gasteiger partial charge in [0, 0.05) is 32.1 Å². The van der Waals surface area contributed by atoms with Gasteiger partial charge in [0.1, 0.15) is 5.82 Å². The molecule has 3 rings (SSSR count). The molecule has 0 aromatic carbocycles. The van der Waals surface area contributed by atoms with Gasteiger partial charge in [0.15, 0.2) is 0 Å². The van der Waals surface area contributed by atoms with E-state index in [9.17, 15) is 8.42 Å². The van der Waals surface area contributed by atoms with E-state index in [4.69, 9.17) is 0 Å². The van der Waals surface area contributed by atoms with Crippen LogP contribution in [0.15, 0.2) is 6.20 Å². The van der Waals surface area contributed by atoms with Gasteiger partial charge in [-0.3, -0.25) is 0 Å². The van der Waals surface area contributed by atoms with Gasteiger partial charge in [0.25, 0.3) is 0 Å². The van der Waals surface area contributed by atoms with Crippen molar-refractivity contribution in [2.45, 2.75) is 57.2 Å². The molecular formula is C14H23N3O2S. The average molecular weight is 297 g/mol. The number of sulfonamides is 1. The Bertz CT molecular complexity index is 584. The molecule has 2 heterocycles. The zero-order valence-electron chi connectivity index (χ0n) is 12.2. The number of nitrogens with zero attached hydrogens (tertiary/aromatic N) is 2. The fourth-order valence-corrected chi connectivity index (χ4v) is 4.69. The molecule has 1 aliphatic carbocycles. The number of aromatic nitrogens is 2. The highest BCUT2D eigenvalue weighted by molar-refractivity contribution is 7.91. The van der Waals surface area contributed by atoms with Crippen LogP contribution in [-0.2, 0) is 29.4 Å². The molecule has 1 N–H and O–H groups in total. The fraction of sp³-hybridized carbons (Fsp3) is 0.786. The van der Waals surface area contributed by atoms with E-state index in [1.54, 1.807) is 0 Å². The molecular weight excluding hydrogens is 274 g/mol. The van der Waals surface area contributed by atoms with E-state index in [1.165, 1.54) is 12.8 Å². The zero-order chi connectivity index (χ0) is 14.4. The van der Waals surface area contributed by atoms with Crippen molar-refractivity contribution in [1.29, 1.82) is 0 Å². The van der Waals surface area contributed by atoms with E-state index >= 15 is 0 Å². The molecule has 112 valence electrons. The molecule has 0 radical (unpaired) electrons. The van der Waals surface area contributed by atoms with Crippen LogP contribution >= 0.6 is 0 Å². The van der Waals surface area contributed by atoms with E-state index in [1.807, 2.05) is 13.8 Å². The summed E-state index contributed by atoms with van der Waals surface area (Å²) < 4.78 is 28.7. The Morgan fingerprint density at radius 1 is 1.50 bits per heavy atom. The molecule has 0 spiro atoms. The molecule has 1 saturated carbocycles. The minimum Gasteiger partial charge on any atom is -0.335 e. The lowest BCUT2D eigenvalue weighted by Gasteiger charge is -2.12. The largest absolute Gasteiger partial charge is 0.335 e. The van der Waals surface area contributed by atoms with E-state index < -0.39 is 14.8 Å². The summed E-state index contributed by atoms with van der Waals surface area (Å²) >= 11 is 0. The summed E-state index contributed by atoms with van der Waals surface area (Å²) in [6, 6.07) is 0. The van der Waals surface area contributed by atoms with E-state index in [2.05, 4.69) is 20.5 Å². The monoisotopic (exact) mass is 297 g/mol. The third-order valence-corrected chi connectivity index (χ3v) is 7.22. The molecule has 0 bridgehead atoms. The Labute approximate surface area is 120 Å². The first-order chi connectivity index (χ1) is 9.42. The van der Waals surface area contributed by atoms with Crippen molar-refractivity contribution in [2.24, 2.45) is 5.92 Å². The summed E-state index contributed by atoms with van der Waals surface area (Å²) in [4.78, 5) is 4.59. The smallest absolute Gasteiger partial charge is 0.217 e. The highest BCUT2D eigenvalue weighted by atomic mass is 32.2. The van der Waals surface area contributed by atoms with E-state index in [-0.39, 0.29) is 5.92 Å². The number of rotatable bonds is 5. The summed E-state index contributed by atoms with van der Waals surface area (Å²) in [7, 11) is -3.19. The van der Waals surface area contributed by atoms with Crippen molar-refractivity contribution in [3.8, 4) is 0 Å². The van der Waals surface area contributed by atoms with Crippen LogP contribution in [0.25, 0.3) is 0 Å². The van der Waals surface area contributed by atoms with Gasteiger partial charge >= 0.3 is 0 Å². The van der Waals surface area contributed by atoms with E-state index in [0.717, 1.165) is 30.9 Å². The van der Waals surface area contributed by atoms with Crippen LogP contribution in [0, 0.1) is 5.92 Å². The highest BCUT2D eigenvalue weighted by Gasteiger charge is 2.57. The predicted molar refractivity (Wildman–Crippen MR) is 78.0 cm³/mol. The van der Waals surface area contributed by atoms with Gasteiger partial charge in [-0.05, 0) is 32.1 Å². The second-order valence-electron chi connectivity index (χ2n) is 6.36. The lowest BCUT2D eigenvalue weighted by molar-refractivity contribution is 0.522. The number of hydrogen-bond acceptors (Lipinski definition) is 3. The fourth-order valence-electron chi connectivity index (χ4n) is 2.99. The Kier molecular flexibility index (Phi) is 3.41. The summed E-state index contributed by atoms with van der Waals surface area (Å²) in [5, 5.41) is 0. The number of imidazole rings is 1. The Balaban J connectivity index is 1.57. The third kappa shape index (κ3) is 2.39. The molecule has 1 aromatic heterocycles. The molecule has 2 aliphatic rings. The molecule has 1 fully saturated rings.